The van der Waals surface area contributed by atoms with Crippen LogP contribution in [0.25, 0.3) is 0 Å². The fraction of sp³-hybridized carbons (Fsp3) is 0.455. The number of amides is 2. The van der Waals surface area contributed by atoms with Crippen LogP contribution in [0.15, 0.2) is 34.7 Å². The molecule has 9 heteroatoms. The molecular weight excluding hydrogens is 411 g/mol. The summed E-state index contributed by atoms with van der Waals surface area (Å²) in [5.41, 5.74) is 0.210. The number of carbonyl (C=O) groups excluding carboxylic acids is 2. The number of nitrogens with zero attached hydrogens (tertiary/aromatic N) is 1. The lowest BCUT2D eigenvalue weighted by atomic mass is 9.96. The summed E-state index contributed by atoms with van der Waals surface area (Å²) in [6, 6.07) is 6.22. The Hall–Kier alpha value is -2.81. The summed E-state index contributed by atoms with van der Waals surface area (Å²) < 4.78 is 43.8. The van der Waals surface area contributed by atoms with Gasteiger partial charge in [-0.2, -0.15) is 13.2 Å². The van der Waals surface area contributed by atoms with Crippen molar-refractivity contribution < 1.29 is 27.2 Å². The summed E-state index contributed by atoms with van der Waals surface area (Å²) in [5, 5.41) is 4.80. The number of benzene rings is 1. The minimum Gasteiger partial charge on any atom is -0.466 e. The van der Waals surface area contributed by atoms with E-state index in [-0.39, 0.29) is 11.6 Å². The zero-order valence-corrected chi connectivity index (χ0v) is 17.5. The summed E-state index contributed by atoms with van der Waals surface area (Å²) in [6.45, 7) is 6.80. The maximum Gasteiger partial charge on any atom is 0.416 e. The molecular formula is C22H26F3N3O3. The zero-order valence-electron chi connectivity index (χ0n) is 17.5. The average molecular weight is 437 g/mol. The molecule has 2 aromatic rings. The summed E-state index contributed by atoms with van der Waals surface area (Å²) in [7, 11) is 0. The molecule has 0 saturated carbocycles. The number of anilines is 1. The molecule has 0 atom stereocenters. The van der Waals surface area contributed by atoms with Crippen LogP contribution in [-0.4, -0.2) is 36.3 Å². The minimum atomic E-state index is -4.52. The summed E-state index contributed by atoms with van der Waals surface area (Å²) in [6.07, 6.45) is -2.76. The predicted octanol–water partition coefficient (Wildman–Crippen LogP) is 3.88. The van der Waals surface area contributed by atoms with Gasteiger partial charge in [-0.1, -0.05) is 6.07 Å². The van der Waals surface area contributed by atoms with Gasteiger partial charge in [0.1, 0.15) is 11.5 Å². The molecule has 6 nitrogen and oxygen atoms in total. The van der Waals surface area contributed by atoms with Gasteiger partial charge in [0.05, 0.1) is 5.56 Å². The Morgan fingerprint density at radius 3 is 2.45 bits per heavy atom. The van der Waals surface area contributed by atoms with Crippen molar-refractivity contribution in [2.24, 2.45) is 5.92 Å². The standard InChI is InChI=1S/C22H26F3N3O3/c1-14-10-17(15(2)31-14)13-28-8-6-16(7-9-28)12-26-20(29)21(30)27-19-5-3-4-18(11-19)22(23,24)25/h3-5,10-11,16H,6-9,12-13H2,1-2H3,(H,26,29)(H,27,30). The van der Waals surface area contributed by atoms with Crippen LogP contribution >= 0.6 is 0 Å². The molecule has 0 radical (unpaired) electrons. The SMILES string of the molecule is Cc1cc(CN2CCC(CNC(=O)C(=O)Nc3cccc(C(F)(F)F)c3)CC2)c(C)o1. The van der Waals surface area contributed by atoms with Crippen LogP contribution < -0.4 is 10.6 Å². The first-order valence-corrected chi connectivity index (χ1v) is 10.2. The summed E-state index contributed by atoms with van der Waals surface area (Å²) >= 11 is 0. The number of likely N-dealkylation sites (tertiary alicyclic amines) is 1. The number of alkyl halides is 3. The quantitative estimate of drug-likeness (QED) is 0.697. The van der Waals surface area contributed by atoms with E-state index < -0.39 is 23.6 Å². The van der Waals surface area contributed by atoms with Crippen LogP contribution in [0.4, 0.5) is 18.9 Å². The Morgan fingerprint density at radius 2 is 1.84 bits per heavy atom. The Kier molecular flexibility index (Phi) is 7.04. The summed E-state index contributed by atoms with van der Waals surface area (Å²) in [5.74, 6) is 0.229. The number of furan rings is 1. The Morgan fingerprint density at radius 1 is 1.13 bits per heavy atom. The first kappa shape index (κ1) is 22.9. The highest BCUT2D eigenvalue weighted by atomic mass is 19.4. The van der Waals surface area contributed by atoms with Crippen molar-refractivity contribution in [2.45, 2.75) is 39.4 Å². The summed E-state index contributed by atoms with van der Waals surface area (Å²) in [4.78, 5) is 26.4. The van der Waals surface area contributed by atoms with Crippen molar-refractivity contribution in [1.29, 1.82) is 0 Å². The van der Waals surface area contributed by atoms with Crippen LogP contribution in [0, 0.1) is 19.8 Å². The van der Waals surface area contributed by atoms with Gasteiger partial charge >= 0.3 is 18.0 Å². The van der Waals surface area contributed by atoms with Gasteiger partial charge in [-0.3, -0.25) is 14.5 Å². The lowest BCUT2D eigenvalue weighted by molar-refractivity contribution is -0.137. The Balaban J connectivity index is 1.42. The molecule has 168 valence electrons. The second kappa shape index (κ2) is 9.55. The van der Waals surface area contributed by atoms with Gasteiger partial charge in [-0.05, 0) is 70.0 Å². The maximum absolute atomic E-state index is 12.8. The lowest BCUT2D eigenvalue weighted by Crippen LogP contribution is -2.41. The highest BCUT2D eigenvalue weighted by molar-refractivity contribution is 6.39. The number of hydrogen-bond acceptors (Lipinski definition) is 4. The average Bonchev–Trinajstić information content (AvgIpc) is 3.03. The minimum absolute atomic E-state index is 0.0759. The number of rotatable bonds is 5. The zero-order chi connectivity index (χ0) is 22.6. The number of carbonyl (C=O) groups is 2. The third-order valence-electron chi connectivity index (χ3n) is 5.45. The van der Waals surface area contributed by atoms with Gasteiger partial charge in [-0.25, -0.2) is 0 Å². The number of piperidine rings is 1. The molecule has 1 fully saturated rings. The fourth-order valence-electron chi connectivity index (χ4n) is 3.71. The van der Waals surface area contributed by atoms with E-state index in [0.29, 0.717) is 6.54 Å². The largest absolute Gasteiger partial charge is 0.466 e. The van der Waals surface area contributed by atoms with E-state index in [9.17, 15) is 22.8 Å². The molecule has 2 amide bonds. The number of hydrogen-bond donors (Lipinski definition) is 2. The maximum atomic E-state index is 12.8. The first-order chi connectivity index (χ1) is 14.6. The van der Waals surface area contributed by atoms with Crippen LogP contribution in [0.5, 0.6) is 0 Å². The molecule has 0 spiro atoms. The van der Waals surface area contributed by atoms with Gasteiger partial charge in [0.15, 0.2) is 0 Å². The molecule has 31 heavy (non-hydrogen) atoms. The molecule has 1 saturated heterocycles. The van der Waals surface area contributed by atoms with Crippen LogP contribution in [0.3, 0.4) is 0 Å². The smallest absolute Gasteiger partial charge is 0.416 e. The molecule has 1 aromatic heterocycles. The van der Waals surface area contributed by atoms with E-state index in [4.69, 9.17) is 4.42 Å². The molecule has 1 aliphatic rings. The normalized spacial score (nSPS) is 15.6. The molecule has 2 heterocycles. The van der Waals surface area contributed by atoms with Gasteiger partial charge < -0.3 is 15.1 Å². The fourth-order valence-corrected chi connectivity index (χ4v) is 3.71. The van der Waals surface area contributed by atoms with Crippen LogP contribution in [-0.2, 0) is 22.3 Å². The van der Waals surface area contributed by atoms with E-state index in [2.05, 4.69) is 15.5 Å². The van der Waals surface area contributed by atoms with Gasteiger partial charge in [0.25, 0.3) is 0 Å². The highest BCUT2D eigenvalue weighted by Crippen LogP contribution is 2.30. The topological polar surface area (TPSA) is 74.6 Å². The van der Waals surface area contributed by atoms with Crippen molar-refractivity contribution in [2.75, 3.05) is 25.0 Å². The van der Waals surface area contributed by atoms with Crippen molar-refractivity contribution in [3.8, 4) is 0 Å². The first-order valence-electron chi connectivity index (χ1n) is 10.2. The van der Waals surface area contributed by atoms with E-state index in [0.717, 1.165) is 56.1 Å². The Bertz CT molecular complexity index is 932. The van der Waals surface area contributed by atoms with E-state index in [1.165, 1.54) is 17.7 Å². The second-order valence-electron chi connectivity index (χ2n) is 7.90. The molecule has 1 aliphatic heterocycles. The van der Waals surface area contributed by atoms with Crippen molar-refractivity contribution in [3.05, 3.63) is 53.0 Å². The number of halogens is 3. The van der Waals surface area contributed by atoms with Gasteiger partial charge in [0.2, 0.25) is 0 Å². The van der Waals surface area contributed by atoms with E-state index in [1.54, 1.807) is 0 Å². The second-order valence-corrected chi connectivity index (χ2v) is 7.90. The van der Waals surface area contributed by atoms with Crippen molar-refractivity contribution >= 4 is 17.5 Å². The lowest BCUT2D eigenvalue weighted by Gasteiger charge is -2.31. The molecule has 3 rings (SSSR count). The Labute approximate surface area is 178 Å². The van der Waals surface area contributed by atoms with Crippen molar-refractivity contribution in [3.63, 3.8) is 0 Å². The molecule has 0 bridgehead atoms. The third kappa shape index (κ3) is 6.33. The number of nitrogens with one attached hydrogen (secondary N) is 2. The molecule has 1 aromatic carbocycles. The molecule has 0 unspecified atom stereocenters. The van der Waals surface area contributed by atoms with Crippen LogP contribution in [0.2, 0.25) is 0 Å². The van der Waals surface area contributed by atoms with Crippen molar-refractivity contribution in [1.82, 2.24) is 10.2 Å². The highest BCUT2D eigenvalue weighted by Gasteiger charge is 2.30. The molecule has 2 N–H and O–H groups in total. The number of aryl methyl sites for hydroxylation is 2. The van der Waals surface area contributed by atoms with Crippen LogP contribution in [0.1, 0.15) is 35.5 Å². The third-order valence-corrected chi connectivity index (χ3v) is 5.45. The monoisotopic (exact) mass is 437 g/mol. The van der Waals surface area contributed by atoms with E-state index >= 15 is 0 Å². The predicted molar refractivity (Wildman–Crippen MR) is 109 cm³/mol. The molecule has 0 aliphatic carbocycles. The van der Waals surface area contributed by atoms with Gasteiger partial charge in [0, 0.05) is 24.3 Å². The van der Waals surface area contributed by atoms with E-state index in [1.807, 2.05) is 19.9 Å². The van der Waals surface area contributed by atoms with Gasteiger partial charge in [-0.15, -0.1) is 0 Å².